The second-order valence-corrected chi connectivity index (χ2v) is 3.77. The standard InChI is InChI=1S/C12H16ClNO/c1-3-4-11(14-2)12(15)9-5-7-10(13)8-6-9/h5-8,14-15H,3-4H2,1-2H3. The Morgan fingerprint density at radius 3 is 2.40 bits per heavy atom. The van der Waals surface area contributed by atoms with Crippen LogP contribution in [-0.4, -0.2) is 12.2 Å². The lowest BCUT2D eigenvalue weighted by molar-refractivity contribution is 0.498. The number of nitrogens with one attached hydrogen (secondary N) is 1. The summed E-state index contributed by atoms with van der Waals surface area (Å²) in [5.41, 5.74) is 1.65. The summed E-state index contributed by atoms with van der Waals surface area (Å²) in [7, 11) is 1.82. The van der Waals surface area contributed by atoms with Gasteiger partial charge in [-0.05, 0) is 30.7 Å². The van der Waals surface area contributed by atoms with E-state index in [1.807, 2.05) is 19.2 Å². The van der Waals surface area contributed by atoms with Crippen molar-refractivity contribution >= 4 is 17.4 Å². The molecule has 1 aromatic rings. The summed E-state index contributed by atoms with van der Waals surface area (Å²) < 4.78 is 0. The van der Waals surface area contributed by atoms with E-state index in [2.05, 4.69) is 12.2 Å². The lowest BCUT2D eigenvalue weighted by Crippen LogP contribution is -2.08. The van der Waals surface area contributed by atoms with Gasteiger partial charge in [-0.1, -0.05) is 24.9 Å². The summed E-state index contributed by atoms with van der Waals surface area (Å²) in [6, 6.07) is 7.16. The fourth-order valence-electron chi connectivity index (χ4n) is 1.39. The van der Waals surface area contributed by atoms with E-state index in [4.69, 9.17) is 11.6 Å². The monoisotopic (exact) mass is 225 g/mol. The van der Waals surface area contributed by atoms with E-state index in [0.29, 0.717) is 10.8 Å². The summed E-state index contributed by atoms with van der Waals surface area (Å²) in [5, 5.41) is 13.7. The average Bonchev–Trinajstić information content (AvgIpc) is 2.26. The van der Waals surface area contributed by atoms with Crippen molar-refractivity contribution in [1.29, 1.82) is 0 Å². The molecule has 2 nitrogen and oxygen atoms in total. The van der Waals surface area contributed by atoms with Gasteiger partial charge in [0.25, 0.3) is 0 Å². The third kappa shape index (κ3) is 3.17. The summed E-state index contributed by atoms with van der Waals surface area (Å²) in [6.07, 6.45) is 1.83. The molecule has 0 heterocycles. The first kappa shape index (κ1) is 11.9. The zero-order valence-corrected chi connectivity index (χ0v) is 9.80. The Hall–Kier alpha value is -1.15. The van der Waals surface area contributed by atoms with Gasteiger partial charge in [0, 0.05) is 17.6 Å². The second-order valence-electron chi connectivity index (χ2n) is 3.33. The maximum Gasteiger partial charge on any atom is 0.141 e. The van der Waals surface area contributed by atoms with Crippen LogP contribution < -0.4 is 5.32 Å². The largest absolute Gasteiger partial charge is 0.506 e. The molecule has 0 amide bonds. The van der Waals surface area contributed by atoms with Gasteiger partial charge in [-0.25, -0.2) is 0 Å². The van der Waals surface area contributed by atoms with Crippen molar-refractivity contribution in [3.05, 3.63) is 40.5 Å². The molecule has 1 rings (SSSR count). The van der Waals surface area contributed by atoms with Crippen molar-refractivity contribution in [2.24, 2.45) is 0 Å². The van der Waals surface area contributed by atoms with Gasteiger partial charge >= 0.3 is 0 Å². The zero-order valence-electron chi connectivity index (χ0n) is 9.05. The van der Waals surface area contributed by atoms with Crippen molar-refractivity contribution in [3.8, 4) is 0 Å². The predicted molar refractivity (Wildman–Crippen MR) is 65.0 cm³/mol. The van der Waals surface area contributed by atoms with E-state index < -0.39 is 0 Å². The fourth-order valence-corrected chi connectivity index (χ4v) is 1.52. The van der Waals surface area contributed by atoms with Crippen LogP contribution in [0.5, 0.6) is 0 Å². The van der Waals surface area contributed by atoms with Gasteiger partial charge in [-0.3, -0.25) is 0 Å². The summed E-state index contributed by atoms with van der Waals surface area (Å²) in [5.74, 6) is 0.302. The minimum Gasteiger partial charge on any atom is -0.506 e. The Labute approximate surface area is 95.6 Å². The zero-order chi connectivity index (χ0) is 11.3. The Morgan fingerprint density at radius 1 is 1.33 bits per heavy atom. The highest BCUT2D eigenvalue weighted by Crippen LogP contribution is 2.19. The Balaban J connectivity index is 2.99. The minimum atomic E-state index is 0.302. The molecule has 2 N–H and O–H groups in total. The molecule has 0 unspecified atom stereocenters. The summed E-state index contributed by atoms with van der Waals surface area (Å²) >= 11 is 5.78. The average molecular weight is 226 g/mol. The maximum atomic E-state index is 9.98. The Bertz CT molecular complexity index is 343. The SMILES string of the molecule is CCCC(NC)=C(O)c1ccc(Cl)cc1. The number of aliphatic hydroxyl groups excluding tert-OH is 1. The first-order chi connectivity index (χ1) is 7.19. The molecule has 15 heavy (non-hydrogen) atoms. The van der Waals surface area contributed by atoms with Crippen molar-refractivity contribution in [1.82, 2.24) is 5.32 Å². The van der Waals surface area contributed by atoms with E-state index in [0.717, 1.165) is 24.1 Å². The number of hydrogen-bond donors (Lipinski definition) is 2. The lowest BCUT2D eigenvalue weighted by atomic mass is 10.1. The quantitative estimate of drug-likeness (QED) is 0.768. The predicted octanol–water partition coefficient (Wildman–Crippen LogP) is 3.59. The van der Waals surface area contributed by atoms with Gasteiger partial charge in [0.2, 0.25) is 0 Å². The van der Waals surface area contributed by atoms with Crippen LogP contribution >= 0.6 is 11.6 Å². The molecule has 0 fully saturated rings. The van der Waals surface area contributed by atoms with Gasteiger partial charge < -0.3 is 10.4 Å². The third-order valence-electron chi connectivity index (χ3n) is 2.21. The van der Waals surface area contributed by atoms with Crippen LogP contribution in [0.15, 0.2) is 30.0 Å². The molecule has 0 aliphatic rings. The molecule has 82 valence electrons. The van der Waals surface area contributed by atoms with Gasteiger partial charge in [0.15, 0.2) is 0 Å². The highest BCUT2D eigenvalue weighted by Gasteiger charge is 2.05. The van der Waals surface area contributed by atoms with Crippen LogP contribution in [0.2, 0.25) is 5.02 Å². The third-order valence-corrected chi connectivity index (χ3v) is 2.46. The first-order valence-corrected chi connectivity index (χ1v) is 5.42. The van der Waals surface area contributed by atoms with Crippen LogP contribution in [0, 0.1) is 0 Å². The number of hydrogen-bond acceptors (Lipinski definition) is 2. The van der Waals surface area contributed by atoms with E-state index in [-0.39, 0.29) is 0 Å². The minimum absolute atomic E-state index is 0.302. The van der Waals surface area contributed by atoms with Crippen LogP contribution in [0.4, 0.5) is 0 Å². The molecule has 0 saturated heterocycles. The van der Waals surface area contributed by atoms with E-state index in [1.165, 1.54) is 0 Å². The van der Waals surface area contributed by atoms with Crippen LogP contribution in [-0.2, 0) is 0 Å². The van der Waals surface area contributed by atoms with E-state index in [9.17, 15) is 5.11 Å². The molecule has 0 bridgehead atoms. The van der Waals surface area contributed by atoms with Crippen molar-refractivity contribution in [2.75, 3.05) is 7.05 Å². The number of aliphatic hydroxyl groups is 1. The lowest BCUT2D eigenvalue weighted by Gasteiger charge is -2.09. The normalized spacial score (nSPS) is 12.2. The van der Waals surface area contributed by atoms with Gasteiger partial charge in [0.1, 0.15) is 5.76 Å². The number of rotatable bonds is 4. The van der Waals surface area contributed by atoms with Gasteiger partial charge in [0.05, 0.1) is 5.70 Å². The summed E-state index contributed by atoms with van der Waals surface area (Å²) in [6.45, 7) is 2.08. The molecular weight excluding hydrogens is 210 g/mol. The van der Waals surface area contributed by atoms with Crippen molar-refractivity contribution in [3.63, 3.8) is 0 Å². The fraction of sp³-hybridized carbons (Fsp3) is 0.333. The highest BCUT2D eigenvalue weighted by atomic mass is 35.5. The number of allylic oxidation sites excluding steroid dienone is 1. The molecule has 0 aliphatic heterocycles. The Morgan fingerprint density at radius 2 is 1.93 bits per heavy atom. The smallest absolute Gasteiger partial charge is 0.141 e. The molecule has 0 atom stereocenters. The molecular formula is C12H16ClNO. The number of benzene rings is 1. The molecule has 0 aromatic heterocycles. The molecule has 3 heteroatoms. The highest BCUT2D eigenvalue weighted by molar-refractivity contribution is 6.30. The van der Waals surface area contributed by atoms with E-state index in [1.54, 1.807) is 12.1 Å². The molecule has 0 aliphatic carbocycles. The Kier molecular flexibility index (Phi) is 4.50. The van der Waals surface area contributed by atoms with Crippen LogP contribution in [0.3, 0.4) is 0 Å². The van der Waals surface area contributed by atoms with Crippen molar-refractivity contribution < 1.29 is 5.11 Å². The van der Waals surface area contributed by atoms with Crippen molar-refractivity contribution in [2.45, 2.75) is 19.8 Å². The maximum absolute atomic E-state index is 9.98. The number of halogens is 1. The molecule has 0 saturated carbocycles. The van der Waals surface area contributed by atoms with E-state index >= 15 is 0 Å². The first-order valence-electron chi connectivity index (χ1n) is 5.04. The van der Waals surface area contributed by atoms with Crippen LogP contribution in [0.25, 0.3) is 5.76 Å². The topological polar surface area (TPSA) is 32.3 Å². The summed E-state index contributed by atoms with van der Waals surface area (Å²) in [4.78, 5) is 0. The van der Waals surface area contributed by atoms with Gasteiger partial charge in [-0.15, -0.1) is 0 Å². The second kappa shape index (κ2) is 5.66. The van der Waals surface area contributed by atoms with Crippen LogP contribution in [0.1, 0.15) is 25.3 Å². The molecule has 0 spiro atoms. The van der Waals surface area contributed by atoms with Gasteiger partial charge in [-0.2, -0.15) is 0 Å². The molecule has 0 radical (unpaired) electrons. The molecule has 1 aromatic carbocycles.